The summed E-state index contributed by atoms with van der Waals surface area (Å²) in [5, 5.41) is 0.593. The minimum atomic E-state index is -0.691. The van der Waals surface area contributed by atoms with Crippen LogP contribution in [0.3, 0.4) is 0 Å². The smallest absolute Gasteiger partial charge is 0.307 e. The number of nitrogens with one attached hydrogen (secondary N) is 1. The van der Waals surface area contributed by atoms with E-state index in [2.05, 4.69) is 20.9 Å². The third kappa shape index (κ3) is 2.74. The number of aryl methyl sites for hydroxylation is 1. The van der Waals surface area contributed by atoms with Crippen LogP contribution in [0.15, 0.2) is 32.4 Å². The van der Waals surface area contributed by atoms with Crippen molar-refractivity contribution in [3.8, 4) is 0 Å². The van der Waals surface area contributed by atoms with Gasteiger partial charge < -0.3 is 9.47 Å². The highest BCUT2D eigenvalue weighted by Crippen LogP contribution is 2.39. The molecule has 8 heteroatoms. The largest absolute Gasteiger partial charge is 0.328 e. The molecule has 0 radical (unpaired) electrons. The van der Waals surface area contributed by atoms with Crippen molar-refractivity contribution in [2.75, 3.05) is 11.4 Å². The molecule has 2 heterocycles. The number of benzene rings is 1. The lowest BCUT2D eigenvalue weighted by atomic mass is 10.0. The van der Waals surface area contributed by atoms with Gasteiger partial charge in [0.1, 0.15) is 5.56 Å². The number of aromatic nitrogens is 2. The summed E-state index contributed by atoms with van der Waals surface area (Å²) < 4.78 is 1.91. The number of H-pyrrole nitrogens is 1. The van der Waals surface area contributed by atoms with Crippen LogP contribution in [0.1, 0.15) is 22.3 Å². The zero-order chi connectivity index (χ0) is 16.7. The first-order chi connectivity index (χ1) is 10.9. The molecule has 0 aliphatic carbocycles. The molecule has 120 valence electrons. The third-order valence-electron chi connectivity index (χ3n) is 3.84. The van der Waals surface area contributed by atoms with E-state index in [-0.39, 0.29) is 5.56 Å². The Labute approximate surface area is 144 Å². The van der Waals surface area contributed by atoms with E-state index in [1.165, 1.54) is 22.7 Å². The van der Waals surface area contributed by atoms with Gasteiger partial charge in [0.15, 0.2) is 0 Å². The first-order valence-electron chi connectivity index (χ1n) is 6.99. The highest BCUT2D eigenvalue weighted by Gasteiger charge is 2.28. The maximum absolute atomic E-state index is 12.8. The molecule has 0 bridgehead atoms. The Morgan fingerprint density at radius 1 is 1.35 bits per heavy atom. The summed E-state index contributed by atoms with van der Waals surface area (Å²) in [7, 11) is 1.48. The van der Waals surface area contributed by atoms with Crippen LogP contribution >= 0.6 is 27.5 Å². The van der Waals surface area contributed by atoms with Gasteiger partial charge in [0.05, 0.1) is 5.69 Å². The highest BCUT2D eigenvalue weighted by atomic mass is 79.9. The molecule has 1 aliphatic rings. The molecule has 23 heavy (non-hydrogen) atoms. The van der Waals surface area contributed by atoms with Gasteiger partial charge in [-0.25, -0.2) is 4.79 Å². The molecule has 6 nitrogen and oxygen atoms in total. The molecule has 0 fully saturated rings. The summed E-state index contributed by atoms with van der Waals surface area (Å²) in [6.07, 6.45) is 2.77. The van der Waals surface area contributed by atoms with Gasteiger partial charge in [-0.1, -0.05) is 11.6 Å². The first-order valence-corrected chi connectivity index (χ1v) is 8.16. The molecular formula is C15H13BrClN3O3. The number of carbonyl (C=O) groups is 1. The maximum Gasteiger partial charge on any atom is 0.328 e. The number of aromatic amines is 1. The number of rotatable bonds is 1. The van der Waals surface area contributed by atoms with E-state index in [1.54, 1.807) is 12.1 Å². The first kappa shape index (κ1) is 16.0. The number of anilines is 1. The van der Waals surface area contributed by atoms with Crippen molar-refractivity contribution >= 4 is 39.1 Å². The summed E-state index contributed by atoms with van der Waals surface area (Å²) in [5.74, 6) is -0.453. The monoisotopic (exact) mass is 397 g/mol. The van der Waals surface area contributed by atoms with Crippen LogP contribution in [-0.2, 0) is 13.5 Å². The number of nitrogens with zero attached hydrogens (tertiary/aromatic N) is 2. The fourth-order valence-electron chi connectivity index (χ4n) is 2.70. The second-order valence-corrected chi connectivity index (χ2v) is 6.59. The average Bonchev–Trinajstić information content (AvgIpc) is 2.53. The van der Waals surface area contributed by atoms with E-state index in [0.717, 1.165) is 22.9 Å². The number of carbonyl (C=O) groups excluding carboxylic acids is 1. The van der Waals surface area contributed by atoms with Gasteiger partial charge in [0, 0.05) is 29.3 Å². The fraction of sp³-hybridized carbons (Fsp3) is 0.267. The van der Waals surface area contributed by atoms with Crippen LogP contribution in [0.2, 0.25) is 5.02 Å². The number of hydrogen-bond acceptors (Lipinski definition) is 3. The molecule has 0 saturated carbocycles. The van der Waals surface area contributed by atoms with Crippen molar-refractivity contribution in [1.82, 2.24) is 9.55 Å². The van der Waals surface area contributed by atoms with Crippen molar-refractivity contribution in [1.29, 1.82) is 0 Å². The second kappa shape index (κ2) is 5.98. The van der Waals surface area contributed by atoms with Gasteiger partial charge in [0.25, 0.3) is 11.5 Å². The van der Waals surface area contributed by atoms with E-state index < -0.39 is 17.2 Å². The zero-order valence-corrected chi connectivity index (χ0v) is 14.6. The van der Waals surface area contributed by atoms with Crippen LogP contribution < -0.4 is 16.1 Å². The number of hydrogen-bond donors (Lipinski definition) is 1. The van der Waals surface area contributed by atoms with Crippen molar-refractivity contribution in [3.63, 3.8) is 0 Å². The standard InChI is InChI=1S/C15H13BrClN3O3/c1-19-7-9(13(21)18-15(19)23)14(22)20-6-2-3-8-11(17)5-4-10(16)12(8)20/h4-5,7H,2-3,6H2,1H3,(H,18,21,23). The molecule has 2 aromatic rings. The van der Waals surface area contributed by atoms with Gasteiger partial charge in [-0.15, -0.1) is 0 Å². The second-order valence-electron chi connectivity index (χ2n) is 5.33. The summed E-state index contributed by atoms with van der Waals surface area (Å²) in [4.78, 5) is 39.9. The highest BCUT2D eigenvalue weighted by molar-refractivity contribution is 9.10. The normalized spacial score (nSPS) is 13.8. The minimum Gasteiger partial charge on any atom is -0.307 e. The van der Waals surface area contributed by atoms with Crippen LogP contribution in [0, 0.1) is 0 Å². The average molecular weight is 399 g/mol. The van der Waals surface area contributed by atoms with Crippen LogP contribution in [0.4, 0.5) is 5.69 Å². The molecular weight excluding hydrogens is 386 g/mol. The minimum absolute atomic E-state index is 0.0770. The fourth-order valence-corrected chi connectivity index (χ4v) is 3.54. The summed E-state index contributed by atoms with van der Waals surface area (Å²) in [5.41, 5.74) is 0.230. The predicted octanol–water partition coefficient (Wildman–Crippen LogP) is 2.08. The van der Waals surface area contributed by atoms with Crippen molar-refractivity contribution in [2.45, 2.75) is 12.8 Å². The lowest BCUT2D eigenvalue weighted by Crippen LogP contribution is -2.41. The number of fused-ring (bicyclic) bond motifs is 1. The SMILES string of the molecule is Cn1cc(C(=O)N2CCCc3c(Cl)ccc(Br)c32)c(=O)[nH]c1=O. The van der Waals surface area contributed by atoms with E-state index in [4.69, 9.17) is 11.6 Å². The number of halogens is 2. The lowest BCUT2D eigenvalue weighted by molar-refractivity contribution is 0.0982. The Balaban J connectivity index is 2.14. The molecule has 0 atom stereocenters. The van der Waals surface area contributed by atoms with Crippen molar-refractivity contribution in [3.05, 3.63) is 59.8 Å². The third-order valence-corrected chi connectivity index (χ3v) is 4.83. The van der Waals surface area contributed by atoms with Crippen LogP contribution in [-0.4, -0.2) is 22.0 Å². The zero-order valence-electron chi connectivity index (χ0n) is 12.2. The van der Waals surface area contributed by atoms with E-state index in [1.807, 2.05) is 0 Å². The Morgan fingerprint density at radius 3 is 2.83 bits per heavy atom. The predicted molar refractivity (Wildman–Crippen MR) is 91.5 cm³/mol. The molecule has 1 amide bonds. The molecule has 1 N–H and O–H groups in total. The van der Waals surface area contributed by atoms with Crippen LogP contribution in [0.5, 0.6) is 0 Å². The van der Waals surface area contributed by atoms with Gasteiger partial charge in [-0.3, -0.25) is 14.6 Å². The van der Waals surface area contributed by atoms with Crippen molar-refractivity contribution < 1.29 is 4.79 Å². The van der Waals surface area contributed by atoms with Gasteiger partial charge in [0.2, 0.25) is 0 Å². The summed E-state index contributed by atoms with van der Waals surface area (Å²) in [6, 6.07) is 3.55. The molecule has 0 unspecified atom stereocenters. The number of amides is 1. The molecule has 3 rings (SSSR count). The quantitative estimate of drug-likeness (QED) is 0.799. The van der Waals surface area contributed by atoms with E-state index in [9.17, 15) is 14.4 Å². The summed E-state index contributed by atoms with van der Waals surface area (Å²) in [6.45, 7) is 0.479. The molecule has 1 aromatic carbocycles. The Morgan fingerprint density at radius 2 is 2.09 bits per heavy atom. The summed E-state index contributed by atoms with van der Waals surface area (Å²) >= 11 is 9.68. The molecule has 1 aliphatic heterocycles. The topological polar surface area (TPSA) is 75.2 Å². The Hall–Kier alpha value is -1.86. The van der Waals surface area contributed by atoms with E-state index in [0.29, 0.717) is 17.3 Å². The molecule has 0 saturated heterocycles. The maximum atomic E-state index is 12.8. The van der Waals surface area contributed by atoms with Gasteiger partial charge in [-0.05, 0) is 46.5 Å². The Bertz CT molecular complexity index is 919. The molecule has 0 spiro atoms. The van der Waals surface area contributed by atoms with Crippen LogP contribution in [0.25, 0.3) is 0 Å². The van der Waals surface area contributed by atoms with Crippen molar-refractivity contribution in [2.24, 2.45) is 7.05 Å². The van der Waals surface area contributed by atoms with E-state index >= 15 is 0 Å². The Kier molecular flexibility index (Phi) is 4.16. The van der Waals surface area contributed by atoms with Gasteiger partial charge in [-0.2, -0.15) is 0 Å². The molecule has 1 aromatic heterocycles. The van der Waals surface area contributed by atoms with Gasteiger partial charge >= 0.3 is 5.69 Å². The lowest BCUT2D eigenvalue weighted by Gasteiger charge is -2.31.